The average Bonchev–Trinajstić information content (AvgIpc) is 2.55. The summed E-state index contributed by atoms with van der Waals surface area (Å²) in [5, 5.41) is 0. The molecule has 0 radical (unpaired) electrons. The van der Waals surface area contributed by atoms with Crippen LogP contribution in [0.3, 0.4) is 0 Å². The number of esters is 1. The van der Waals surface area contributed by atoms with Crippen LogP contribution in [-0.4, -0.2) is 24.0 Å². The lowest BCUT2D eigenvalue weighted by Gasteiger charge is -2.17. The Hall–Kier alpha value is -2.13. The van der Waals surface area contributed by atoms with Gasteiger partial charge in [0.2, 0.25) is 0 Å². The second-order valence-electron chi connectivity index (χ2n) is 5.36. The highest BCUT2D eigenvalue weighted by molar-refractivity contribution is 5.91. The number of hydrogen-bond donors (Lipinski definition) is 0. The summed E-state index contributed by atoms with van der Waals surface area (Å²) in [5.41, 5.74) is 2.92. The number of nitrogens with zero attached hydrogens (tertiary/aromatic N) is 1. The summed E-state index contributed by atoms with van der Waals surface area (Å²) in [5.74, 6) is 0.251. The Morgan fingerprint density at radius 2 is 1.52 bits per heavy atom. The van der Waals surface area contributed by atoms with Gasteiger partial charge in [0.25, 0.3) is 0 Å². The minimum Gasteiger partial charge on any atom is -0.423 e. The molecular weight excluding hydrogens is 286 g/mol. The molecule has 0 aliphatic rings. The Morgan fingerprint density at radius 3 is 2.04 bits per heavy atom. The highest BCUT2D eigenvalue weighted by Gasteiger charge is 2.09. The zero-order valence-electron chi connectivity index (χ0n) is 13.5. The third-order valence-electron chi connectivity index (χ3n) is 3.72. The van der Waals surface area contributed by atoms with E-state index in [4.69, 9.17) is 4.74 Å². The fourth-order valence-corrected chi connectivity index (χ4v) is 2.22. The van der Waals surface area contributed by atoms with Crippen LogP contribution >= 0.6 is 0 Å². The van der Waals surface area contributed by atoms with Crippen molar-refractivity contribution in [2.75, 3.05) is 13.1 Å². The van der Waals surface area contributed by atoms with Gasteiger partial charge in [-0.25, -0.2) is 4.79 Å². The fourth-order valence-electron chi connectivity index (χ4n) is 2.22. The molecule has 0 aliphatic carbocycles. The molecule has 23 heavy (non-hydrogen) atoms. The normalized spacial score (nSPS) is 10.3. The molecule has 2 aromatic rings. The molecule has 3 nitrogen and oxygen atoms in total. The smallest absolute Gasteiger partial charge is 0.343 e. The maximum atomic E-state index is 12.1. The van der Waals surface area contributed by atoms with E-state index in [9.17, 15) is 4.79 Å². The predicted octanol–water partition coefficient (Wildman–Crippen LogP) is 4.69. The lowest BCUT2D eigenvalue weighted by molar-refractivity contribution is 0.0734. The molecule has 0 unspecified atom stereocenters. The molecule has 0 saturated heterocycles. The van der Waals surface area contributed by atoms with E-state index in [1.807, 2.05) is 55.5 Å². The molecule has 0 saturated carbocycles. The SMILES string of the molecule is C.CCN(CC)Cc1ccc(C(=O)Oc2ccc(C)cc2)cc1. The molecule has 0 aliphatic heterocycles. The van der Waals surface area contributed by atoms with E-state index in [2.05, 4.69) is 18.7 Å². The molecule has 0 bridgehead atoms. The molecule has 0 amide bonds. The van der Waals surface area contributed by atoms with E-state index in [0.717, 1.165) is 25.2 Å². The molecule has 3 heteroatoms. The largest absolute Gasteiger partial charge is 0.423 e. The molecule has 2 rings (SSSR count). The van der Waals surface area contributed by atoms with E-state index < -0.39 is 0 Å². The van der Waals surface area contributed by atoms with Gasteiger partial charge in [-0.3, -0.25) is 4.90 Å². The predicted molar refractivity (Wildman–Crippen MR) is 95.9 cm³/mol. The van der Waals surface area contributed by atoms with Crippen molar-refractivity contribution in [1.29, 1.82) is 0 Å². The van der Waals surface area contributed by atoms with E-state index in [-0.39, 0.29) is 13.4 Å². The first-order valence-corrected chi connectivity index (χ1v) is 7.72. The highest BCUT2D eigenvalue weighted by Crippen LogP contribution is 2.14. The van der Waals surface area contributed by atoms with Crippen LogP contribution in [0.4, 0.5) is 0 Å². The monoisotopic (exact) mass is 313 g/mol. The van der Waals surface area contributed by atoms with Crippen LogP contribution in [0.1, 0.15) is 42.8 Å². The second-order valence-corrected chi connectivity index (χ2v) is 5.36. The third-order valence-corrected chi connectivity index (χ3v) is 3.72. The fraction of sp³-hybridized carbons (Fsp3) is 0.350. The zero-order chi connectivity index (χ0) is 15.9. The zero-order valence-corrected chi connectivity index (χ0v) is 13.5. The summed E-state index contributed by atoms with van der Waals surface area (Å²) < 4.78 is 5.37. The van der Waals surface area contributed by atoms with Crippen LogP contribution in [-0.2, 0) is 6.54 Å². The van der Waals surface area contributed by atoms with Crippen molar-refractivity contribution in [1.82, 2.24) is 4.90 Å². The minimum atomic E-state index is -0.321. The number of carbonyl (C=O) groups is 1. The van der Waals surface area contributed by atoms with E-state index >= 15 is 0 Å². The van der Waals surface area contributed by atoms with Gasteiger partial charge < -0.3 is 4.74 Å². The average molecular weight is 313 g/mol. The maximum absolute atomic E-state index is 12.1. The number of benzene rings is 2. The summed E-state index contributed by atoms with van der Waals surface area (Å²) in [6, 6.07) is 15.1. The molecule has 0 spiro atoms. The molecule has 124 valence electrons. The van der Waals surface area contributed by atoms with Gasteiger partial charge in [-0.05, 0) is 49.8 Å². The standard InChI is InChI=1S/C19H23NO2.CH4/c1-4-20(5-2)14-16-8-10-17(11-9-16)19(21)22-18-12-6-15(3)7-13-18;/h6-13H,4-5,14H2,1-3H3;1H4. The van der Waals surface area contributed by atoms with Gasteiger partial charge in [0.1, 0.15) is 5.75 Å². The molecule has 0 fully saturated rings. The van der Waals surface area contributed by atoms with Crippen LogP contribution in [0.25, 0.3) is 0 Å². The molecule has 0 atom stereocenters. The Kier molecular flexibility index (Phi) is 7.49. The Morgan fingerprint density at radius 1 is 0.957 bits per heavy atom. The lowest BCUT2D eigenvalue weighted by Crippen LogP contribution is -2.22. The van der Waals surface area contributed by atoms with E-state index in [0.29, 0.717) is 11.3 Å². The van der Waals surface area contributed by atoms with Crippen molar-refractivity contribution in [2.24, 2.45) is 0 Å². The summed E-state index contributed by atoms with van der Waals surface area (Å²) in [4.78, 5) is 14.4. The molecular formula is C20H27NO2. The van der Waals surface area contributed by atoms with Gasteiger partial charge in [0.05, 0.1) is 5.56 Å². The van der Waals surface area contributed by atoms with Gasteiger partial charge in [-0.15, -0.1) is 0 Å². The van der Waals surface area contributed by atoms with E-state index in [1.165, 1.54) is 5.56 Å². The second kappa shape index (κ2) is 9.11. The Balaban J connectivity index is 0.00000264. The van der Waals surface area contributed by atoms with Crippen molar-refractivity contribution in [3.8, 4) is 5.75 Å². The van der Waals surface area contributed by atoms with Gasteiger partial charge in [0, 0.05) is 6.54 Å². The Bertz CT molecular complexity index is 599. The molecule has 0 N–H and O–H groups in total. The quantitative estimate of drug-likeness (QED) is 0.572. The lowest BCUT2D eigenvalue weighted by atomic mass is 10.1. The van der Waals surface area contributed by atoms with Crippen molar-refractivity contribution < 1.29 is 9.53 Å². The summed E-state index contributed by atoms with van der Waals surface area (Å²) >= 11 is 0. The van der Waals surface area contributed by atoms with Gasteiger partial charge in [-0.1, -0.05) is 51.1 Å². The Labute approximate surface area is 139 Å². The maximum Gasteiger partial charge on any atom is 0.343 e. The van der Waals surface area contributed by atoms with Gasteiger partial charge in [-0.2, -0.15) is 0 Å². The highest BCUT2D eigenvalue weighted by atomic mass is 16.5. The van der Waals surface area contributed by atoms with Gasteiger partial charge in [0.15, 0.2) is 0 Å². The van der Waals surface area contributed by atoms with Gasteiger partial charge >= 0.3 is 5.97 Å². The number of hydrogen-bond acceptors (Lipinski definition) is 3. The first-order chi connectivity index (χ1) is 10.6. The molecule has 2 aromatic carbocycles. The molecule has 0 aromatic heterocycles. The van der Waals surface area contributed by atoms with Crippen LogP contribution in [0.15, 0.2) is 48.5 Å². The molecule has 0 heterocycles. The van der Waals surface area contributed by atoms with Crippen LogP contribution in [0.5, 0.6) is 5.75 Å². The van der Waals surface area contributed by atoms with Crippen molar-refractivity contribution in [2.45, 2.75) is 34.7 Å². The van der Waals surface area contributed by atoms with Crippen LogP contribution in [0.2, 0.25) is 0 Å². The summed E-state index contributed by atoms with van der Waals surface area (Å²) in [7, 11) is 0. The number of ether oxygens (including phenoxy) is 1. The van der Waals surface area contributed by atoms with Crippen molar-refractivity contribution in [3.05, 3.63) is 65.2 Å². The van der Waals surface area contributed by atoms with Crippen LogP contribution < -0.4 is 4.74 Å². The first kappa shape index (κ1) is 18.9. The minimum absolute atomic E-state index is 0. The number of carbonyl (C=O) groups excluding carboxylic acids is 1. The number of rotatable bonds is 6. The summed E-state index contributed by atoms with van der Waals surface area (Å²) in [6.45, 7) is 9.25. The van der Waals surface area contributed by atoms with Crippen LogP contribution in [0, 0.1) is 6.92 Å². The third kappa shape index (κ3) is 5.53. The summed E-state index contributed by atoms with van der Waals surface area (Å²) in [6.07, 6.45) is 0. The topological polar surface area (TPSA) is 29.5 Å². The van der Waals surface area contributed by atoms with Crippen molar-refractivity contribution in [3.63, 3.8) is 0 Å². The van der Waals surface area contributed by atoms with E-state index in [1.54, 1.807) is 0 Å². The first-order valence-electron chi connectivity index (χ1n) is 7.72. The van der Waals surface area contributed by atoms with Crippen molar-refractivity contribution >= 4 is 5.97 Å². The number of aryl methyl sites for hydroxylation is 1.